The molecule has 14 rings (SSSR count). The Morgan fingerprint density at radius 2 is 0.794 bits per heavy atom. The number of hydrogen-bond acceptors (Lipinski definition) is 1. The van der Waals surface area contributed by atoms with Gasteiger partial charge in [0, 0.05) is 27.2 Å². The molecule has 0 saturated heterocycles. The molecule has 0 fully saturated rings. The first-order valence-electron chi connectivity index (χ1n) is 23.4. The number of fused-ring (bicyclic) bond motifs is 9. The molecule has 2 aromatic heterocycles. The molecule has 0 N–H and O–H groups in total. The molecule has 1 aliphatic rings. The average molecular weight is 883 g/mol. The lowest BCUT2D eigenvalue weighted by Gasteiger charge is -2.40. The summed E-state index contributed by atoms with van der Waals surface area (Å²) in [5.41, 5.74) is 11.5. The van der Waals surface area contributed by atoms with Crippen molar-refractivity contribution < 1.29 is 4.74 Å². The summed E-state index contributed by atoms with van der Waals surface area (Å²) in [4.78, 5) is 0. The Morgan fingerprint density at radius 3 is 1.43 bits per heavy atom. The fourth-order valence-electron chi connectivity index (χ4n) is 11.4. The van der Waals surface area contributed by atoms with Gasteiger partial charge in [0.25, 0.3) is 0 Å². The fraction of sp³-hybridized carbons (Fsp3) is 0. The van der Waals surface area contributed by atoms with Crippen molar-refractivity contribution in [2.75, 3.05) is 0 Å². The van der Waals surface area contributed by atoms with Crippen LogP contribution in [0.1, 0.15) is 0 Å². The van der Waals surface area contributed by atoms with Crippen LogP contribution in [0.15, 0.2) is 255 Å². The van der Waals surface area contributed by atoms with Crippen LogP contribution in [0.25, 0.3) is 88.0 Å². The minimum atomic E-state index is -3.21. The summed E-state index contributed by atoms with van der Waals surface area (Å²) in [6, 6.07) is 93.9. The third kappa shape index (κ3) is 5.71. The average Bonchev–Trinajstić information content (AvgIpc) is 3.93. The molecule has 1 atom stereocenters. The Morgan fingerprint density at radius 1 is 0.309 bits per heavy atom. The standard InChI is InChI=1S/C64H42N2OSi/c1-2-15-43(16-3-1)45-31-36-50(37-32-45)68(51-38-34-49(35-39-51)65-56-23-10-6-19-52(56)53-20-7-11-24-57(53)65)62-40-33-48(47-30-29-44-17-4-5-18-46(44)41-47)42-61(62)67-64-60(27-14-28-63(64)68)66-58-25-12-8-21-54(58)55-22-9-13-26-59(55)66/h1-42H. The van der Waals surface area contributed by atoms with Crippen LogP contribution in [-0.4, -0.2) is 17.2 Å². The molecule has 0 saturated carbocycles. The molecule has 13 aromatic rings. The number of hydrogen-bond donors (Lipinski definition) is 0. The Balaban J connectivity index is 1.06. The molecule has 1 unspecified atom stereocenters. The first kappa shape index (κ1) is 38.6. The van der Waals surface area contributed by atoms with Gasteiger partial charge in [0.15, 0.2) is 13.8 Å². The van der Waals surface area contributed by atoms with Crippen LogP contribution in [0.4, 0.5) is 0 Å². The van der Waals surface area contributed by atoms with E-state index in [0.717, 1.165) is 45.0 Å². The number of rotatable bonds is 6. The minimum absolute atomic E-state index is 0.890. The molecule has 0 radical (unpaired) electrons. The lowest BCUT2D eigenvalue weighted by molar-refractivity contribution is 0.485. The molecule has 318 valence electrons. The van der Waals surface area contributed by atoms with E-state index < -0.39 is 8.07 Å². The second kappa shape index (κ2) is 15.2. The van der Waals surface area contributed by atoms with Gasteiger partial charge in [-0.05, 0) is 108 Å². The zero-order valence-corrected chi connectivity index (χ0v) is 38.1. The molecule has 0 amide bonds. The summed E-state index contributed by atoms with van der Waals surface area (Å²) < 4.78 is 12.4. The number of para-hydroxylation sites is 5. The molecular formula is C64H42N2OSi. The zero-order valence-electron chi connectivity index (χ0n) is 37.1. The summed E-state index contributed by atoms with van der Waals surface area (Å²) in [6.45, 7) is 0. The van der Waals surface area contributed by atoms with E-state index in [1.54, 1.807) is 0 Å². The first-order chi connectivity index (χ1) is 33.7. The van der Waals surface area contributed by atoms with Crippen LogP contribution in [0.2, 0.25) is 0 Å². The maximum Gasteiger partial charge on any atom is 0.188 e. The monoisotopic (exact) mass is 882 g/mol. The van der Waals surface area contributed by atoms with Crippen LogP contribution < -0.4 is 25.5 Å². The van der Waals surface area contributed by atoms with Gasteiger partial charge in [-0.25, -0.2) is 0 Å². The molecule has 0 spiro atoms. The third-order valence-electron chi connectivity index (χ3n) is 14.5. The van der Waals surface area contributed by atoms with Gasteiger partial charge in [-0.15, -0.1) is 0 Å². The number of ether oxygens (including phenoxy) is 1. The molecule has 0 aliphatic carbocycles. The van der Waals surface area contributed by atoms with E-state index in [1.165, 1.54) is 75.2 Å². The van der Waals surface area contributed by atoms with Crippen molar-refractivity contribution in [1.82, 2.24) is 9.13 Å². The van der Waals surface area contributed by atoms with Gasteiger partial charge >= 0.3 is 0 Å². The van der Waals surface area contributed by atoms with Crippen molar-refractivity contribution in [3.8, 4) is 45.1 Å². The Hall–Kier alpha value is -8.70. The highest BCUT2D eigenvalue weighted by Crippen LogP contribution is 2.41. The van der Waals surface area contributed by atoms with Gasteiger partial charge in [-0.3, -0.25) is 0 Å². The summed E-state index contributed by atoms with van der Waals surface area (Å²) >= 11 is 0. The van der Waals surface area contributed by atoms with Crippen molar-refractivity contribution in [2.45, 2.75) is 0 Å². The quantitative estimate of drug-likeness (QED) is 0.152. The highest BCUT2D eigenvalue weighted by atomic mass is 28.3. The molecule has 3 heterocycles. The van der Waals surface area contributed by atoms with E-state index in [1.807, 2.05) is 0 Å². The molecule has 3 nitrogen and oxygen atoms in total. The normalized spacial score (nSPS) is 14.4. The molecule has 1 aliphatic heterocycles. The summed E-state index contributed by atoms with van der Waals surface area (Å²) in [5, 5.41) is 12.4. The van der Waals surface area contributed by atoms with E-state index in [-0.39, 0.29) is 0 Å². The van der Waals surface area contributed by atoms with Gasteiger partial charge in [0.1, 0.15) is 5.75 Å². The van der Waals surface area contributed by atoms with E-state index >= 15 is 0 Å². The van der Waals surface area contributed by atoms with Crippen LogP contribution in [0, 0.1) is 0 Å². The molecular weight excluding hydrogens is 841 g/mol. The maximum absolute atomic E-state index is 7.56. The molecule has 11 aromatic carbocycles. The van der Waals surface area contributed by atoms with Crippen molar-refractivity contribution in [2.24, 2.45) is 0 Å². The Labute approximate surface area is 395 Å². The van der Waals surface area contributed by atoms with E-state index in [2.05, 4.69) is 264 Å². The number of aromatic nitrogens is 2. The summed E-state index contributed by atoms with van der Waals surface area (Å²) in [7, 11) is -3.21. The predicted molar refractivity (Wildman–Crippen MR) is 287 cm³/mol. The van der Waals surface area contributed by atoms with Crippen molar-refractivity contribution in [3.05, 3.63) is 255 Å². The highest BCUT2D eigenvalue weighted by Gasteiger charge is 2.49. The van der Waals surface area contributed by atoms with E-state index in [4.69, 9.17) is 4.74 Å². The second-order valence-electron chi connectivity index (χ2n) is 18.0. The third-order valence-corrected chi connectivity index (χ3v) is 19.3. The Bertz CT molecular complexity index is 4000. The minimum Gasteiger partial charge on any atom is -0.455 e. The topological polar surface area (TPSA) is 19.1 Å². The van der Waals surface area contributed by atoms with Crippen molar-refractivity contribution in [1.29, 1.82) is 0 Å². The molecule has 4 heteroatoms. The van der Waals surface area contributed by atoms with E-state index in [0.29, 0.717) is 0 Å². The maximum atomic E-state index is 7.56. The van der Waals surface area contributed by atoms with Gasteiger partial charge < -0.3 is 13.9 Å². The summed E-state index contributed by atoms with van der Waals surface area (Å²) in [6.07, 6.45) is 0. The Kier molecular flexibility index (Phi) is 8.60. The van der Waals surface area contributed by atoms with Crippen LogP contribution >= 0.6 is 0 Å². The van der Waals surface area contributed by atoms with Gasteiger partial charge in [-0.2, -0.15) is 0 Å². The van der Waals surface area contributed by atoms with E-state index in [9.17, 15) is 0 Å². The highest BCUT2D eigenvalue weighted by molar-refractivity contribution is 7.20. The van der Waals surface area contributed by atoms with Crippen molar-refractivity contribution >= 4 is 83.2 Å². The molecule has 68 heavy (non-hydrogen) atoms. The largest absolute Gasteiger partial charge is 0.455 e. The predicted octanol–water partition coefficient (Wildman–Crippen LogP) is 13.9. The second-order valence-corrected chi connectivity index (χ2v) is 21.7. The molecule has 0 bridgehead atoms. The number of benzene rings is 11. The first-order valence-corrected chi connectivity index (χ1v) is 25.4. The van der Waals surface area contributed by atoms with Crippen LogP contribution in [0.5, 0.6) is 11.5 Å². The fourth-order valence-corrected chi connectivity index (χ4v) is 16.3. The van der Waals surface area contributed by atoms with Gasteiger partial charge in [0.2, 0.25) is 0 Å². The van der Waals surface area contributed by atoms with Crippen LogP contribution in [-0.2, 0) is 0 Å². The summed E-state index contributed by atoms with van der Waals surface area (Å²) in [5.74, 6) is 1.79. The van der Waals surface area contributed by atoms with Gasteiger partial charge in [0.05, 0.1) is 27.8 Å². The SMILES string of the molecule is c1ccc(-c2ccc([Si]3(c4ccc(-n5c6ccccc6c6ccccc65)cc4)c4ccc(-c5ccc6ccccc6c5)cc4Oc4c(-n5c6ccccc6c6ccccc65)cccc43)cc2)cc1. The van der Waals surface area contributed by atoms with Crippen LogP contribution in [0.3, 0.4) is 0 Å². The zero-order chi connectivity index (χ0) is 44.8. The lowest BCUT2D eigenvalue weighted by atomic mass is 10.0. The van der Waals surface area contributed by atoms with Crippen molar-refractivity contribution in [3.63, 3.8) is 0 Å². The van der Waals surface area contributed by atoms with Gasteiger partial charge in [-0.1, -0.05) is 200 Å². The lowest BCUT2D eigenvalue weighted by Crippen LogP contribution is -2.76. The number of nitrogens with zero attached hydrogens (tertiary/aromatic N) is 2. The smallest absolute Gasteiger partial charge is 0.188 e.